The molecule has 0 amide bonds. The first-order valence-electron chi connectivity index (χ1n) is 11.4. The summed E-state index contributed by atoms with van der Waals surface area (Å²) in [7, 11) is 2.01. The number of fused-ring (bicyclic) bond motifs is 1. The normalized spacial score (nSPS) is 12.1. The maximum Gasteiger partial charge on any atom is 0.220 e. The summed E-state index contributed by atoms with van der Waals surface area (Å²) in [6.45, 7) is 11.3. The summed E-state index contributed by atoms with van der Waals surface area (Å²) >= 11 is 0. The molecule has 0 fully saturated rings. The Balaban J connectivity index is 2.03. The Kier molecular flexibility index (Phi) is 5.12. The fraction of sp³-hybridized carbons (Fsp3) is 0.276. The third-order valence-corrected chi connectivity index (χ3v) is 6.18. The summed E-state index contributed by atoms with van der Waals surface area (Å²) in [6, 6.07) is 23.8. The van der Waals surface area contributed by atoms with Crippen LogP contribution in [-0.4, -0.2) is 0 Å². The Labute approximate surface area is 182 Å². The number of benzene rings is 3. The third-order valence-electron chi connectivity index (χ3n) is 6.18. The quantitative estimate of drug-likeness (QED) is 0.314. The van der Waals surface area contributed by atoms with Crippen LogP contribution in [0.4, 0.5) is 0 Å². The summed E-state index contributed by atoms with van der Waals surface area (Å²) < 4.78 is 10.7. The lowest BCUT2D eigenvalue weighted by Crippen LogP contribution is -2.31. The molecular formula is C29H32N+. The van der Waals surface area contributed by atoms with Gasteiger partial charge in [-0.1, -0.05) is 70.2 Å². The summed E-state index contributed by atoms with van der Waals surface area (Å²) in [5.41, 5.74) is 8.81. The molecule has 152 valence electrons. The van der Waals surface area contributed by atoms with E-state index in [2.05, 4.69) is 89.2 Å². The van der Waals surface area contributed by atoms with Crippen LogP contribution in [0, 0.1) is 6.92 Å². The van der Waals surface area contributed by atoms with Gasteiger partial charge in [-0.2, -0.15) is 0 Å². The van der Waals surface area contributed by atoms with Crippen LogP contribution in [0.2, 0.25) is 0 Å². The highest BCUT2D eigenvalue weighted by Gasteiger charge is 2.21. The number of rotatable bonds is 4. The zero-order valence-electron chi connectivity index (χ0n) is 20.0. The Hall–Kier alpha value is -2.93. The van der Waals surface area contributed by atoms with E-state index >= 15 is 0 Å². The lowest BCUT2D eigenvalue weighted by atomic mass is 9.86. The predicted molar refractivity (Wildman–Crippen MR) is 129 cm³/mol. The molecule has 1 heterocycles. The van der Waals surface area contributed by atoms with Crippen molar-refractivity contribution in [3.63, 3.8) is 0 Å². The highest BCUT2D eigenvalue weighted by molar-refractivity contribution is 5.96. The fourth-order valence-corrected chi connectivity index (χ4v) is 4.38. The van der Waals surface area contributed by atoms with Crippen molar-refractivity contribution in [1.82, 2.24) is 0 Å². The molecule has 0 spiro atoms. The molecule has 0 saturated heterocycles. The molecule has 0 unspecified atom stereocenters. The minimum Gasteiger partial charge on any atom is -0.200 e. The van der Waals surface area contributed by atoms with Gasteiger partial charge in [-0.15, -0.1) is 0 Å². The van der Waals surface area contributed by atoms with Crippen LogP contribution in [0.1, 0.15) is 57.6 Å². The van der Waals surface area contributed by atoms with Gasteiger partial charge in [0.2, 0.25) is 5.69 Å². The molecule has 0 aliphatic rings. The molecule has 4 aromatic rings. The average Bonchev–Trinajstić information content (AvgIpc) is 2.75. The van der Waals surface area contributed by atoms with Gasteiger partial charge in [0.1, 0.15) is 8.42 Å². The fourth-order valence-electron chi connectivity index (χ4n) is 4.38. The van der Waals surface area contributed by atoms with Crippen molar-refractivity contribution in [3.8, 4) is 22.4 Å². The van der Waals surface area contributed by atoms with Gasteiger partial charge in [0.15, 0.2) is 6.17 Å². The largest absolute Gasteiger partial charge is 0.220 e. The Morgan fingerprint density at radius 3 is 2.20 bits per heavy atom. The van der Waals surface area contributed by atoms with Gasteiger partial charge in [0.25, 0.3) is 0 Å². The molecule has 1 heteroatoms. The zero-order valence-corrected chi connectivity index (χ0v) is 19.0. The molecule has 0 bridgehead atoms. The van der Waals surface area contributed by atoms with Crippen LogP contribution in [-0.2, 0) is 7.05 Å². The average molecular weight is 396 g/mol. The second kappa shape index (κ2) is 8.07. The van der Waals surface area contributed by atoms with E-state index in [0.29, 0.717) is 18.0 Å². The highest BCUT2D eigenvalue weighted by Crippen LogP contribution is 2.36. The molecule has 0 N–H and O–H groups in total. The summed E-state index contributed by atoms with van der Waals surface area (Å²) in [5, 5.41) is 2.30. The summed E-state index contributed by atoms with van der Waals surface area (Å²) in [5.74, 6) is 0.912. The SMILES string of the molecule is [2H]c1cc2cc(-c3ccccc3)ccc2c(-c2cc(C(C)C)cc(C(C)C)c2C)[n+]1C. The molecule has 1 nitrogen and oxygen atoms in total. The van der Waals surface area contributed by atoms with Crippen molar-refractivity contribution in [3.05, 3.63) is 89.6 Å². The van der Waals surface area contributed by atoms with E-state index in [1.807, 2.05) is 23.7 Å². The van der Waals surface area contributed by atoms with Crippen molar-refractivity contribution in [2.75, 3.05) is 0 Å². The van der Waals surface area contributed by atoms with E-state index in [0.717, 1.165) is 11.1 Å². The molecule has 3 aromatic carbocycles. The van der Waals surface area contributed by atoms with Crippen LogP contribution >= 0.6 is 0 Å². The molecule has 0 aliphatic heterocycles. The van der Waals surface area contributed by atoms with Gasteiger partial charge in [-0.3, -0.25) is 0 Å². The first-order chi connectivity index (χ1) is 14.8. The smallest absolute Gasteiger partial charge is 0.200 e. The van der Waals surface area contributed by atoms with Gasteiger partial charge in [0, 0.05) is 6.07 Å². The van der Waals surface area contributed by atoms with Gasteiger partial charge in [0.05, 0.1) is 10.9 Å². The number of pyridine rings is 1. The Morgan fingerprint density at radius 1 is 0.800 bits per heavy atom. The van der Waals surface area contributed by atoms with Crippen molar-refractivity contribution >= 4 is 10.8 Å². The molecule has 4 rings (SSSR count). The highest BCUT2D eigenvalue weighted by atomic mass is 14.9. The topological polar surface area (TPSA) is 3.88 Å². The number of nitrogens with zero attached hydrogens (tertiary/aromatic N) is 1. The Bertz CT molecular complexity index is 1250. The lowest BCUT2D eigenvalue weighted by molar-refractivity contribution is -0.659. The van der Waals surface area contributed by atoms with Crippen LogP contribution in [0.5, 0.6) is 0 Å². The number of hydrogen-bond donors (Lipinski definition) is 0. The minimum atomic E-state index is 0.456. The molecule has 1 aromatic heterocycles. The summed E-state index contributed by atoms with van der Waals surface area (Å²) in [6.07, 6.45) is 0.521. The van der Waals surface area contributed by atoms with Gasteiger partial charge in [-0.25, -0.2) is 4.57 Å². The molecule has 0 saturated carbocycles. The monoisotopic (exact) mass is 395 g/mol. The minimum absolute atomic E-state index is 0.456. The van der Waals surface area contributed by atoms with Crippen LogP contribution in [0.25, 0.3) is 33.2 Å². The second-order valence-corrected chi connectivity index (χ2v) is 8.94. The molecule has 0 aliphatic carbocycles. The van der Waals surface area contributed by atoms with Gasteiger partial charge in [-0.05, 0) is 70.2 Å². The maximum atomic E-state index is 8.68. The standard InChI is InChI=1S/C29H32N/c1-19(2)25-17-27(20(3)4)21(5)28(18-25)29-26-13-12-23(22-10-8-7-9-11-22)16-24(26)14-15-30(29)6/h7-20H,1-6H3/q+1/i15D. The zero-order chi connectivity index (χ0) is 22.3. The van der Waals surface area contributed by atoms with E-state index in [-0.39, 0.29) is 0 Å². The number of hydrogen-bond acceptors (Lipinski definition) is 0. The van der Waals surface area contributed by atoms with Crippen LogP contribution in [0.15, 0.2) is 72.9 Å². The van der Waals surface area contributed by atoms with Crippen molar-refractivity contribution < 1.29 is 5.94 Å². The van der Waals surface area contributed by atoms with E-state index in [4.69, 9.17) is 1.37 Å². The van der Waals surface area contributed by atoms with Gasteiger partial charge < -0.3 is 0 Å². The van der Waals surface area contributed by atoms with Crippen molar-refractivity contribution in [1.29, 1.82) is 0 Å². The van der Waals surface area contributed by atoms with E-state index in [1.54, 1.807) is 0 Å². The molecule has 0 atom stereocenters. The van der Waals surface area contributed by atoms with Crippen LogP contribution in [0.3, 0.4) is 0 Å². The van der Waals surface area contributed by atoms with E-state index < -0.39 is 0 Å². The van der Waals surface area contributed by atoms with Crippen molar-refractivity contribution in [2.24, 2.45) is 7.05 Å². The van der Waals surface area contributed by atoms with E-state index in [1.165, 1.54) is 38.8 Å². The third kappa shape index (κ3) is 3.65. The van der Waals surface area contributed by atoms with Gasteiger partial charge >= 0.3 is 0 Å². The lowest BCUT2D eigenvalue weighted by Gasteiger charge is -2.18. The number of aromatic nitrogens is 1. The first kappa shape index (κ1) is 19.1. The summed E-state index contributed by atoms with van der Waals surface area (Å²) in [4.78, 5) is 0. The first-order valence-corrected chi connectivity index (χ1v) is 10.9. The maximum absolute atomic E-state index is 8.68. The molecule has 30 heavy (non-hydrogen) atoms. The molecular weight excluding hydrogens is 362 g/mol. The second-order valence-electron chi connectivity index (χ2n) is 8.94. The molecule has 0 radical (unpaired) electrons. The van der Waals surface area contributed by atoms with Crippen molar-refractivity contribution in [2.45, 2.75) is 46.5 Å². The predicted octanol–water partition coefficient (Wildman–Crippen LogP) is 7.55. The van der Waals surface area contributed by atoms with Crippen LogP contribution < -0.4 is 4.57 Å². The van der Waals surface area contributed by atoms with E-state index in [9.17, 15) is 0 Å². The Morgan fingerprint density at radius 2 is 1.53 bits per heavy atom.